The molecule has 1 aromatic rings. The van der Waals surface area contributed by atoms with Crippen molar-refractivity contribution in [3.63, 3.8) is 0 Å². The Kier molecular flexibility index (Phi) is 2.10. The zero-order valence-electron chi connectivity index (χ0n) is 8.53. The van der Waals surface area contributed by atoms with E-state index in [1.165, 1.54) is 0 Å². The molecule has 0 amide bonds. The van der Waals surface area contributed by atoms with Crippen LogP contribution in [-0.4, -0.2) is 15.6 Å². The Balaban J connectivity index is 2.39. The summed E-state index contributed by atoms with van der Waals surface area (Å²) < 4.78 is 1.94. The molecule has 2 rings (SSSR count). The second-order valence-electron chi connectivity index (χ2n) is 4.15. The fraction of sp³-hybridized carbons (Fsp3) is 0.545. The number of carboxylic acids is 1. The summed E-state index contributed by atoms with van der Waals surface area (Å²) in [5.41, 5.74) is 2.06. The third-order valence-corrected chi connectivity index (χ3v) is 2.99. The Morgan fingerprint density at radius 3 is 2.64 bits per heavy atom. The van der Waals surface area contributed by atoms with Crippen LogP contribution in [0.5, 0.6) is 0 Å². The van der Waals surface area contributed by atoms with E-state index in [1.807, 2.05) is 30.8 Å². The maximum Gasteiger partial charge on any atom is 0.312 e. The standard InChI is InChI=1S/C11H15NO2/c1-7-5-6-12(2)10(7)9(11(13)14)8-3-4-8/h5-6,8-9H,3-4H2,1-2H3,(H,13,14). The highest BCUT2D eigenvalue weighted by atomic mass is 16.4. The molecule has 1 unspecified atom stereocenters. The van der Waals surface area contributed by atoms with Gasteiger partial charge in [-0.1, -0.05) is 0 Å². The Bertz CT molecular complexity index is 344. The summed E-state index contributed by atoms with van der Waals surface area (Å²) in [7, 11) is 1.92. The van der Waals surface area contributed by atoms with Crippen molar-refractivity contribution in [2.75, 3.05) is 0 Å². The third-order valence-electron chi connectivity index (χ3n) is 2.99. The van der Waals surface area contributed by atoms with Gasteiger partial charge in [0.1, 0.15) is 0 Å². The van der Waals surface area contributed by atoms with Gasteiger partial charge in [0.25, 0.3) is 0 Å². The normalized spacial score (nSPS) is 18.1. The second-order valence-corrected chi connectivity index (χ2v) is 4.15. The van der Waals surface area contributed by atoms with E-state index in [0.29, 0.717) is 5.92 Å². The van der Waals surface area contributed by atoms with Gasteiger partial charge in [-0.05, 0) is 37.3 Å². The maximum absolute atomic E-state index is 11.2. The first-order valence-electron chi connectivity index (χ1n) is 4.96. The molecule has 1 fully saturated rings. The molecular weight excluding hydrogens is 178 g/mol. The molecule has 0 bridgehead atoms. The van der Waals surface area contributed by atoms with Crippen LogP contribution in [0.2, 0.25) is 0 Å². The van der Waals surface area contributed by atoms with Gasteiger partial charge in [-0.25, -0.2) is 0 Å². The molecule has 3 nitrogen and oxygen atoms in total. The van der Waals surface area contributed by atoms with E-state index >= 15 is 0 Å². The molecule has 0 spiro atoms. The number of rotatable bonds is 3. The van der Waals surface area contributed by atoms with Gasteiger partial charge in [-0.2, -0.15) is 0 Å². The number of nitrogens with zero attached hydrogens (tertiary/aromatic N) is 1. The number of aliphatic carboxylic acids is 1. The summed E-state index contributed by atoms with van der Waals surface area (Å²) in [5, 5.41) is 9.19. The number of carbonyl (C=O) groups is 1. The van der Waals surface area contributed by atoms with Crippen LogP contribution in [0.25, 0.3) is 0 Å². The zero-order valence-corrected chi connectivity index (χ0v) is 8.53. The summed E-state index contributed by atoms with van der Waals surface area (Å²) in [5.74, 6) is -0.618. The average Bonchev–Trinajstić information content (AvgIpc) is 2.87. The summed E-state index contributed by atoms with van der Waals surface area (Å²) in [4.78, 5) is 11.2. The quantitative estimate of drug-likeness (QED) is 0.796. The first-order valence-corrected chi connectivity index (χ1v) is 4.96. The largest absolute Gasteiger partial charge is 0.481 e. The van der Waals surface area contributed by atoms with Crippen LogP contribution in [-0.2, 0) is 11.8 Å². The number of aromatic nitrogens is 1. The van der Waals surface area contributed by atoms with Gasteiger partial charge < -0.3 is 9.67 Å². The second kappa shape index (κ2) is 3.15. The molecule has 0 aromatic carbocycles. The lowest BCUT2D eigenvalue weighted by Gasteiger charge is -2.14. The Morgan fingerprint density at radius 2 is 2.29 bits per heavy atom. The van der Waals surface area contributed by atoms with Gasteiger partial charge in [-0.15, -0.1) is 0 Å². The zero-order chi connectivity index (χ0) is 10.3. The van der Waals surface area contributed by atoms with Gasteiger partial charge >= 0.3 is 5.97 Å². The van der Waals surface area contributed by atoms with Crippen molar-refractivity contribution in [1.29, 1.82) is 0 Å². The van der Waals surface area contributed by atoms with Crippen LogP contribution >= 0.6 is 0 Å². The van der Waals surface area contributed by atoms with Crippen molar-refractivity contribution < 1.29 is 9.90 Å². The van der Waals surface area contributed by atoms with Gasteiger partial charge in [-0.3, -0.25) is 4.79 Å². The maximum atomic E-state index is 11.2. The predicted molar refractivity (Wildman–Crippen MR) is 53.3 cm³/mol. The molecule has 1 N–H and O–H groups in total. The van der Waals surface area contributed by atoms with Crippen molar-refractivity contribution in [3.8, 4) is 0 Å². The van der Waals surface area contributed by atoms with Gasteiger partial charge in [0.05, 0.1) is 5.92 Å². The summed E-state index contributed by atoms with van der Waals surface area (Å²) >= 11 is 0. The molecule has 76 valence electrons. The molecule has 14 heavy (non-hydrogen) atoms. The Hall–Kier alpha value is -1.25. The number of hydrogen-bond acceptors (Lipinski definition) is 1. The van der Waals surface area contributed by atoms with Crippen molar-refractivity contribution >= 4 is 5.97 Å². The molecule has 1 atom stereocenters. The highest BCUT2D eigenvalue weighted by Gasteiger charge is 2.39. The van der Waals surface area contributed by atoms with Crippen molar-refractivity contribution in [2.24, 2.45) is 13.0 Å². The fourth-order valence-electron chi connectivity index (χ4n) is 2.10. The molecule has 0 aliphatic heterocycles. The molecule has 1 saturated carbocycles. The highest BCUT2D eigenvalue weighted by Crippen LogP contribution is 2.43. The number of carboxylic acid groups (broad SMARTS) is 1. The minimum atomic E-state index is -0.683. The van der Waals surface area contributed by atoms with Gasteiger partial charge in [0.15, 0.2) is 0 Å². The molecule has 0 saturated heterocycles. The first kappa shape index (κ1) is 9.31. The molecule has 1 aliphatic rings. The van der Waals surface area contributed by atoms with Crippen molar-refractivity contribution in [1.82, 2.24) is 4.57 Å². The van der Waals surface area contributed by atoms with Crippen LogP contribution in [0.4, 0.5) is 0 Å². The van der Waals surface area contributed by atoms with E-state index in [-0.39, 0.29) is 5.92 Å². The molecule has 3 heteroatoms. The molecule has 1 aliphatic carbocycles. The van der Waals surface area contributed by atoms with E-state index in [4.69, 9.17) is 0 Å². The molecular formula is C11H15NO2. The lowest BCUT2D eigenvalue weighted by atomic mass is 9.97. The lowest BCUT2D eigenvalue weighted by Crippen LogP contribution is -2.17. The highest BCUT2D eigenvalue weighted by molar-refractivity contribution is 5.77. The van der Waals surface area contributed by atoms with E-state index in [0.717, 1.165) is 24.1 Å². The van der Waals surface area contributed by atoms with Crippen molar-refractivity contribution in [3.05, 3.63) is 23.5 Å². The van der Waals surface area contributed by atoms with Crippen LogP contribution < -0.4 is 0 Å². The Morgan fingerprint density at radius 1 is 1.64 bits per heavy atom. The fourth-order valence-corrected chi connectivity index (χ4v) is 2.10. The van der Waals surface area contributed by atoms with E-state index < -0.39 is 5.97 Å². The van der Waals surface area contributed by atoms with E-state index in [9.17, 15) is 9.90 Å². The molecule has 0 radical (unpaired) electrons. The summed E-state index contributed by atoms with van der Waals surface area (Å²) in [6.07, 6.45) is 4.05. The van der Waals surface area contributed by atoms with Gasteiger partial charge in [0, 0.05) is 18.9 Å². The van der Waals surface area contributed by atoms with E-state index in [1.54, 1.807) is 0 Å². The van der Waals surface area contributed by atoms with Gasteiger partial charge in [0.2, 0.25) is 0 Å². The number of hydrogen-bond donors (Lipinski definition) is 1. The minimum Gasteiger partial charge on any atom is -0.481 e. The summed E-state index contributed by atoms with van der Waals surface area (Å²) in [6, 6.07) is 1.98. The van der Waals surface area contributed by atoms with Crippen LogP contribution in [0.1, 0.15) is 30.0 Å². The summed E-state index contributed by atoms with van der Waals surface area (Å²) in [6.45, 7) is 1.98. The van der Waals surface area contributed by atoms with Crippen LogP contribution in [0.3, 0.4) is 0 Å². The molecule has 1 heterocycles. The first-order chi connectivity index (χ1) is 6.61. The van der Waals surface area contributed by atoms with Crippen molar-refractivity contribution in [2.45, 2.75) is 25.7 Å². The predicted octanol–water partition coefficient (Wildman–Crippen LogP) is 1.91. The smallest absolute Gasteiger partial charge is 0.312 e. The van der Waals surface area contributed by atoms with Crippen LogP contribution in [0, 0.1) is 12.8 Å². The monoisotopic (exact) mass is 193 g/mol. The lowest BCUT2D eigenvalue weighted by molar-refractivity contribution is -0.139. The minimum absolute atomic E-state index is 0.296. The third kappa shape index (κ3) is 1.43. The topological polar surface area (TPSA) is 42.2 Å². The Labute approximate surface area is 83.4 Å². The van der Waals surface area contributed by atoms with E-state index in [2.05, 4.69) is 0 Å². The molecule has 1 aromatic heterocycles. The SMILES string of the molecule is Cc1ccn(C)c1C(C(=O)O)C1CC1. The average molecular weight is 193 g/mol. The van der Waals surface area contributed by atoms with Crippen LogP contribution in [0.15, 0.2) is 12.3 Å². The number of aryl methyl sites for hydroxylation is 2.